The van der Waals surface area contributed by atoms with Crippen LogP contribution in [0, 0.1) is 11.2 Å². The number of benzene rings is 2. The SMILES string of the molecule is CC(C)(C)OC(=O)NC1CC(C)(F)c2cc(F)c(C(=O)NNC(=O)C(C)(C)C)cc2N(Cc2ccc(OC(C)(F)F)cc2)C1=O. The number of hydrazine groups is 1. The number of carbonyl (C=O) groups excluding carboxylic acids is 4. The number of fused-ring (bicyclic) bond motifs is 1. The van der Waals surface area contributed by atoms with E-state index >= 15 is 8.78 Å². The van der Waals surface area contributed by atoms with E-state index < -0.39 is 70.5 Å². The molecule has 0 saturated heterocycles. The number of hydrogen-bond acceptors (Lipinski definition) is 6. The fraction of sp³-hybridized carbons (Fsp3) is 0.484. The largest absolute Gasteiger partial charge is 0.444 e. The molecule has 1 aliphatic heterocycles. The number of amides is 4. The van der Waals surface area contributed by atoms with E-state index in [4.69, 9.17) is 4.74 Å². The first-order chi connectivity index (χ1) is 20.5. The van der Waals surface area contributed by atoms with Gasteiger partial charge >= 0.3 is 12.2 Å². The van der Waals surface area contributed by atoms with E-state index in [9.17, 15) is 28.0 Å². The Bertz CT molecular complexity index is 1460. The van der Waals surface area contributed by atoms with Crippen molar-refractivity contribution in [2.45, 2.75) is 91.8 Å². The van der Waals surface area contributed by atoms with Crippen molar-refractivity contribution in [2.75, 3.05) is 4.90 Å². The van der Waals surface area contributed by atoms with E-state index in [1.807, 2.05) is 0 Å². The molecule has 3 N–H and O–H groups in total. The minimum Gasteiger partial charge on any atom is -0.444 e. The Morgan fingerprint density at radius 2 is 1.60 bits per heavy atom. The van der Waals surface area contributed by atoms with Gasteiger partial charge in [-0.25, -0.2) is 13.6 Å². The summed E-state index contributed by atoms with van der Waals surface area (Å²) in [6.07, 6.45) is -5.05. The van der Waals surface area contributed by atoms with Crippen LogP contribution >= 0.6 is 0 Å². The number of alkyl halides is 3. The van der Waals surface area contributed by atoms with Crippen molar-refractivity contribution in [3.05, 3.63) is 58.9 Å². The summed E-state index contributed by atoms with van der Waals surface area (Å²) >= 11 is 0. The number of ether oxygens (including phenoxy) is 2. The van der Waals surface area contributed by atoms with Gasteiger partial charge < -0.3 is 19.7 Å². The van der Waals surface area contributed by atoms with Crippen molar-refractivity contribution < 1.29 is 46.2 Å². The Balaban J connectivity index is 2.08. The van der Waals surface area contributed by atoms with Crippen LogP contribution in [0.15, 0.2) is 36.4 Å². The molecule has 0 aromatic heterocycles. The van der Waals surface area contributed by atoms with Gasteiger partial charge in [0.05, 0.1) is 17.8 Å². The fourth-order valence-electron chi connectivity index (χ4n) is 4.41. The number of nitrogens with one attached hydrogen (secondary N) is 3. The van der Waals surface area contributed by atoms with Gasteiger partial charge in [0.1, 0.15) is 28.9 Å². The summed E-state index contributed by atoms with van der Waals surface area (Å²) in [7, 11) is 0. The van der Waals surface area contributed by atoms with Crippen molar-refractivity contribution in [1.29, 1.82) is 0 Å². The Labute approximate surface area is 258 Å². The van der Waals surface area contributed by atoms with Crippen molar-refractivity contribution in [3.8, 4) is 5.75 Å². The van der Waals surface area contributed by atoms with Crippen LogP contribution in [-0.4, -0.2) is 41.6 Å². The minimum absolute atomic E-state index is 0.159. The zero-order chi connectivity index (χ0) is 34.1. The van der Waals surface area contributed by atoms with Gasteiger partial charge in [0.15, 0.2) is 0 Å². The maximum absolute atomic E-state index is 16.4. The third-order valence-electron chi connectivity index (χ3n) is 6.56. The maximum atomic E-state index is 16.4. The summed E-state index contributed by atoms with van der Waals surface area (Å²) in [4.78, 5) is 52.8. The molecule has 45 heavy (non-hydrogen) atoms. The summed E-state index contributed by atoms with van der Waals surface area (Å²) in [6, 6.07) is 5.54. The lowest BCUT2D eigenvalue weighted by Crippen LogP contribution is -2.50. The summed E-state index contributed by atoms with van der Waals surface area (Å²) in [6.45, 7) is 11.0. The third kappa shape index (κ3) is 9.32. The summed E-state index contributed by atoms with van der Waals surface area (Å²) < 4.78 is 68.2. The normalized spacial score (nSPS) is 18.8. The van der Waals surface area contributed by atoms with Gasteiger partial charge in [-0.1, -0.05) is 32.9 Å². The Morgan fingerprint density at radius 1 is 1.00 bits per heavy atom. The number of halogens is 4. The van der Waals surface area contributed by atoms with E-state index in [-0.39, 0.29) is 23.5 Å². The molecule has 1 heterocycles. The topological polar surface area (TPSA) is 126 Å². The van der Waals surface area contributed by atoms with Crippen molar-refractivity contribution in [2.24, 2.45) is 5.41 Å². The average molecular weight is 639 g/mol. The lowest BCUT2D eigenvalue weighted by molar-refractivity contribution is -0.159. The molecule has 0 aliphatic carbocycles. The van der Waals surface area contributed by atoms with E-state index in [0.29, 0.717) is 12.5 Å². The second-order valence-electron chi connectivity index (χ2n) is 13.1. The van der Waals surface area contributed by atoms with Gasteiger partial charge in [-0.05, 0) is 57.5 Å². The van der Waals surface area contributed by atoms with Gasteiger partial charge in [0.25, 0.3) is 5.91 Å². The number of anilines is 1. The molecule has 246 valence electrons. The van der Waals surface area contributed by atoms with Crippen LogP contribution in [0.25, 0.3) is 0 Å². The Kier molecular flexibility index (Phi) is 9.80. The summed E-state index contributed by atoms with van der Waals surface area (Å²) in [5.41, 5.74) is -0.622. The average Bonchev–Trinajstić information content (AvgIpc) is 2.93. The van der Waals surface area contributed by atoms with Crippen LogP contribution in [0.2, 0.25) is 0 Å². The monoisotopic (exact) mass is 638 g/mol. The Hall–Kier alpha value is -4.36. The lowest BCUT2D eigenvalue weighted by Gasteiger charge is -2.28. The predicted molar refractivity (Wildman–Crippen MR) is 157 cm³/mol. The van der Waals surface area contributed by atoms with Crippen molar-refractivity contribution in [1.82, 2.24) is 16.2 Å². The third-order valence-corrected chi connectivity index (χ3v) is 6.56. The number of hydrogen-bond donors (Lipinski definition) is 3. The molecule has 0 saturated carbocycles. The molecular weight excluding hydrogens is 600 g/mol. The zero-order valence-corrected chi connectivity index (χ0v) is 26.4. The van der Waals surface area contributed by atoms with E-state index in [2.05, 4.69) is 20.9 Å². The van der Waals surface area contributed by atoms with E-state index in [0.717, 1.165) is 24.0 Å². The highest BCUT2D eigenvalue weighted by Gasteiger charge is 2.44. The first kappa shape index (κ1) is 35.1. The minimum atomic E-state index is -3.44. The highest BCUT2D eigenvalue weighted by molar-refractivity contribution is 6.03. The molecule has 0 radical (unpaired) electrons. The molecule has 2 unspecified atom stereocenters. The number of alkyl carbamates (subject to hydrolysis) is 1. The highest BCUT2D eigenvalue weighted by atomic mass is 19.3. The lowest BCUT2D eigenvalue weighted by atomic mass is 9.90. The van der Waals surface area contributed by atoms with E-state index in [1.54, 1.807) is 41.5 Å². The Morgan fingerprint density at radius 3 is 2.13 bits per heavy atom. The molecule has 14 heteroatoms. The quantitative estimate of drug-likeness (QED) is 0.278. The molecule has 4 amide bonds. The fourth-order valence-corrected chi connectivity index (χ4v) is 4.41. The first-order valence-electron chi connectivity index (χ1n) is 14.1. The van der Waals surface area contributed by atoms with Crippen LogP contribution in [0.3, 0.4) is 0 Å². The molecule has 3 rings (SSSR count). The zero-order valence-electron chi connectivity index (χ0n) is 26.4. The molecule has 0 bridgehead atoms. The molecule has 1 aliphatic rings. The van der Waals surface area contributed by atoms with Crippen LogP contribution < -0.4 is 25.8 Å². The number of carbonyl (C=O) groups is 4. The second kappa shape index (κ2) is 12.6. The van der Waals surface area contributed by atoms with Crippen LogP contribution in [0.4, 0.5) is 28.0 Å². The molecule has 10 nitrogen and oxygen atoms in total. The molecule has 2 aromatic carbocycles. The predicted octanol–water partition coefficient (Wildman–Crippen LogP) is 5.64. The van der Waals surface area contributed by atoms with Crippen LogP contribution in [-0.2, 0) is 26.5 Å². The van der Waals surface area contributed by atoms with E-state index in [1.165, 1.54) is 24.3 Å². The molecule has 2 atom stereocenters. The maximum Gasteiger partial charge on any atom is 0.408 e. The van der Waals surface area contributed by atoms with Gasteiger partial charge in [-0.3, -0.25) is 25.2 Å². The molecule has 0 spiro atoms. The summed E-state index contributed by atoms with van der Waals surface area (Å²) in [5, 5.41) is 2.39. The standard InChI is InChI=1S/C31H38F4N4O6/c1-28(2,3)26(42)38-37-24(40)19-13-23-20(14-21(19)32)30(7,33)15-22(36-27(43)45-29(4,5)6)25(41)39(23)16-17-9-11-18(12-10-17)44-31(8,34)35/h9-14,22H,15-16H2,1-8H3,(H,36,43)(H,37,40)(H,38,42). The highest BCUT2D eigenvalue weighted by Crippen LogP contribution is 2.42. The van der Waals surface area contributed by atoms with Crippen molar-refractivity contribution in [3.63, 3.8) is 0 Å². The summed E-state index contributed by atoms with van der Waals surface area (Å²) in [5.74, 6) is -3.75. The van der Waals surface area contributed by atoms with Crippen LogP contribution in [0.1, 0.15) is 83.3 Å². The first-order valence-corrected chi connectivity index (χ1v) is 14.1. The second-order valence-corrected chi connectivity index (χ2v) is 13.1. The molecule has 2 aromatic rings. The van der Waals surface area contributed by atoms with Gasteiger partial charge in [0.2, 0.25) is 11.8 Å². The van der Waals surface area contributed by atoms with Gasteiger partial charge in [-0.15, -0.1) is 0 Å². The smallest absolute Gasteiger partial charge is 0.408 e. The molecular formula is C31H38F4N4O6. The van der Waals surface area contributed by atoms with Gasteiger partial charge in [-0.2, -0.15) is 8.78 Å². The van der Waals surface area contributed by atoms with Crippen molar-refractivity contribution >= 4 is 29.5 Å². The molecule has 0 fully saturated rings. The number of rotatable bonds is 6. The van der Waals surface area contributed by atoms with Gasteiger partial charge in [0, 0.05) is 24.3 Å². The number of nitrogens with zero attached hydrogens (tertiary/aromatic N) is 1. The van der Waals surface area contributed by atoms with Crippen LogP contribution in [0.5, 0.6) is 5.75 Å².